The highest BCUT2D eigenvalue weighted by molar-refractivity contribution is 5.77. The van der Waals surface area contributed by atoms with Crippen molar-refractivity contribution < 1.29 is 4.79 Å². The number of para-hydroxylation sites is 1. The van der Waals surface area contributed by atoms with Gasteiger partial charge < -0.3 is 0 Å². The van der Waals surface area contributed by atoms with Crippen LogP contribution in [0.4, 0.5) is 0 Å². The number of fused-ring (bicyclic) bond motifs is 1. The summed E-state index contributed by atoms with van der Waals surface area (Å²) in [6, 6.07) is 12.1. The first-order chi connectivity index (χ1) is 7.24. The van der Waals surface area contributed by atoms with Gasteiger partial charge >= 0.3 is 0 Å². The summed E-state index contributed by atoms with van der Waals surface area (Å²) < 4.78 is 0. The molecule has 1 heterocycles. The highest BCUT2D eigenvalue weighted by atomic mass is 16.1. The maximum Gasteiger partial charge on any atom is 0.145 e. The van der Waals surface area contributed by atoms with Crippen LogP contribution in [-0.2, 0) is 4.79 Å². The Morgan fingerprint density at radius 2 is 1.87 bits per heavy atom. The van der Waals surface area contributed by atoms with Crippen LogP contribution in [0.2, 0.25) is 0 Å². The summed E-state index contributed by atoms with van der Waals surface area (Å²) in [5, 5.41) is 1.20. The quantitative estimate of drug-likeness (QED) is 0.522. The number of hydrogen-bond acceptors (Lipinski definition) is 2. The highest BCUT2D eigenvalue weighted by Crippen LogP contribution is 2.07. The van der Waals surface area contributed by atoms with E-state index in [1.807, 2.05) is 30.5 Å². The van der Waals surface area contributed by atoms with Gasteiger partial charge in [-0.1, -0.05) is 30.8 Å². The summed E-state index contributed by atoms with van der Waals surface area (Å²) in [6.07, 6.45) is 2.53. The molecule has 2 nitrogen and oxygen atoms in total. The molecule has 2 aromatic rings. The molecule has 0 saturated carbocycles. The molecule has 2 rings (SSSR count). The minimum atomic E-state index is 0.574. The molecule has 0 radical (unpaired) electrons. The van der Waals surface area contributed by atoms with Crippen molar-refractivity contribution >= 4 is 17.2 Å². The second-order valence-electron chi connectivity index (χ2n) is 3.16. The number of pyridine rings is 1. The van der Waals surface area contributed by atoms with Gasteiger partial charge in [0.2, 0.25) is 0 Å². The smallest absolute Gasteiger partial charge is 0.145 e. The van der Waals surface area contributed by atoms with Crippen LogP contribution in [0.5, 0.6) is 0 Å². The Morgan fingerprint density at radius 3 is 2.47 bits per heavy atom. The van der Waals surface area contributed by atoms with E-state index in [0.29, 0.717) is 5.57 Å². The van der Waals surface area contributed by atoms with E-state index in [4.69, 9.17) is 0 Å². The topological polar surface area (TPSA) is 30.0 Å². The lowest BCUT2D eigenvalue weighted by molar-refractivity contribution is -0.104. The summed E-state index contributed by atoms with van der Waals surface area (Å²) in [5.41, 5.74) is 1.63. The maximum atomic E-state index is 9.41. The van der Waals surface area contributed by atoms with Gasteiger partial charge in [0.15, 0.2) is 0 Å². The number of rotatable bonds is 1. The molecule has 0 amide bonds. The summed E-state index contributed by atoms with van der Waals surface area (Å²) in [5.74, 6) is 0. The number of aromatic nitrogens is 1. The second kappa shape index (κ2) is 5.70. The average molecular weight is 199 g/mol. The summed E-state index contributed by atoms with van der Waals surface area (Å²) in [4.78, 5) is 13.6. The van der Waals surface area contributed by atoms with Gasteiger partial charge in [0, 0.05) is 11.6 Å². The van der Waals surface area contributed by atoms with Crippen molar-refractivity contribution in [3.05, 3.63) is 54.7 Å². The van der Waals surface area contributed by atoms with Crippen LogP contribution in [0.25, 0.3) is 10.9 Å². The number of carbonyl (C=O) groups excluding carboxylic acids is 1. The lowest BCUT2D eigenvalue weighted by Gasteiger charge is -1.91. The van der Waals surface area contributed by atoms with Crippen molar-refractivity contribution in [2.24, 2.45) is 0 Å². The Hall–Kier alpha value is -1.96. The molecule has 2 heteroatoms. The van der Waals surface area contributed by atoms with Crippen molar-refractivity contribution in [3.8, 4) is 0 Å². The third-order valence-electron chi connectivity index (χ3n) is 1.71. The standard InChI is InChI=1S/C9H7N.C4H6O/c1-2-6-9-8(4-1)5-3-7-10-9;1-4(2)3-5/h1-7H;3H,1H2,2H3. The first kappa shape index (κ1) is 11.1. The lowest BCUT2D eigenvalue weighted by Crippen LogP contribution is -1.73. The van der Waals surface area contributed by atoms with Crippen LogP contribution in [-0.4, -0.2) is 11.3 Å². The zero-order chi connectivity index (χ0) is 11.1. The Labute approximate surface area is 89.3 Å². The zero-order valence-corrected chi connectivity index (χ0v) is 8.68. The first-order valence-corrected chi connectivity index (χ1v) is 4.64. The summed E-state index contributed by atoms with van der Waals surface area (Å²) >= 11 is 0. The molecule has 76 valence electrons. The van der Waals surface area contributed by atoms with E-state index in [2.05, 4.69) is 23.7 Å². The lowest BCUT2D eigenvalue weighted by atomic mass is 10.2. The molecule has 0 aliphatic carbocycles. The maximum absolute atomic E-state index is 9.41. The molecule has 0 fully saturated rings. The molecule has 0 aliphatic heterocycles. The molecule has 0 unspecified atom stereocenters. The fraction of sp³-hybridized carbons (Fsp3) is 0.0769. The number of hydrogen-bond donors (Lipinski definition) is 0. The molecule has 0 N–H and O–H groups in total. The van der Waals surface area contributed by atoms with Crippen LogP contribution in [0, 0.1) is 0 Å². The molecule has 1 aromatic heterocycles. The fourth-order valence-corrected chi connectivity index (χ4v) is 1.02. The molecule has 0 atom stereocenters. The zero-order valence-electron chi connectivity index (χ0n) is 8.68. The van der Waals surface area contributed by atoms with Gasteiger partial charge in [-0.25, -0.2) is 0 Å². The van der Waals surface area contributed by atoms with Gasteiger partial charge in [0.05, 0.1) is 5.52 Å². The molecule has 0 saturated heterocycles. The Balaban J connectivity index is 0.000000195. The van der Waals surface area contributed by atoms with Crippen LogP contribution in [0.15, 0.2) is 54.7 Å². The van der Waals surface area contributed by atoms with Crippen LogP contribution in [0.1, 0.15) is 6.92 Å². The van der Waals surface area contributed by atoms with Gasteiger partial charge in [0.1, 0.15) is 6.29 Å². The summed E-state index contributed by atoms with van der Waals surface area (Å²) in [7, 11) is 0. The molecule has 15 heavy (non-hydrogen) atoms. The Morgan fingerprint density at radius 1 is 1.27 bits per heavy atom. The van der Waals surface area contributed by atoms with Crippen molar-refractivity contribution in [2.75, 3.05) is 0 Å². The highest BCUT2D eigenvalue weighted by Gasteiger charge is 1.86. The minimum absolute atomic E-state index is 0.574. The van der Waals surface area contributed by atoms with Gasteiger partial charge in [-0.3, -0.25) is 9.78 Å². The molecule has 0 spiro atoms. The Kier molecular flexibility index (Phi) is 4.23. The van der Waals surface area contributed by atoms with Crippen molar-refractivity contribution in [2.45, 2.75) is 6.92 Å². The van der Waals surface area contributed by atoms with E-state index in [1.165, 1.54) is 5.39 Å². The normalized spacial score (nSPS) is 8.87. The van der Waals surface area contributed by atoms with Crippen LogP contribution >= 0.6 is 0 Å². The largest absolute Gasteiger partial charge is 0.298 e. The number of carbonyl (C=O) groups is 1. The van der Waals surface area contributed by atoms with Gasteiger partial charge in [-0.05, 0) is 24.6 Å². The minimum Gasteiger partial charge on any atom is -0.298 e. The third kappa shape index (κ3) is 3.73. The van der Waals surface area contributed by atoms with Gasteiger partial charge in [-0.2, -0.15) is 0 Å². The molecule has 0 bridgehead atoms. The number of allylic oxidation sites excluding steroid dienone is 1. The fourth-order valence-electron chi connectivity index (χ4n) is 1.02. The monoisotopic (exact) mass is 199 g/mol. The predicted octanol–water partition coefficient (Wildman–Crippen LogP) is 3.00. The van der Waals surface area contributed by atoms with Gasteiger partial charge in [-0.15, -0.1) is 0 Å². The van der Waals surface area contributed by atoms with Crippen molar-refractivity contribution in [1.82, 2.24) is 4.98 Å². The predicted molar refractivity (Wildman–Crippen MR) is 62.6 cm³/mol. The SMILES string of the molecule is C=C(C)C=O.c1ccc2ncccc2c1. The van der Waals surface area contributed by atoms with E-state index in [9.17, 15) is 4.79 Å². The molecule has 0 aliphatic rings. The second-order valence-corrected chi connectivity index (χ2v) is 3.16. The molecular weight excluding hydrogens is 186 g/mol. The summed E-state index contributed by atoms with van der Waals surface area (Å²) in [6.45, 7) is 4.97. The van der Waals surface area contributed by atoms with E-state index in [1.54, 1.807) is 6.92 Å². The van der Waals surface area contributed by atoms with E-state index < -0.39 is 0 Å². The first-order valence-electron chi connectivity index (χ1n) is 4.64. The van der Waals surface area contributed by atoms with E-state index in [-0.39, 0.29) is 0 Å². The number of nitrogens with zero attached hydrogens (tertiary/aromatic N) is 1. The van der Waals surface area contributed by atoms with Crippen LogP contribution < -0.4 is 0 Å². The molecule has 1 aromatic carbocycles. The van der Waals surface area contributed by atoms with Crippen molar-refractivity contribution in [1.29, 1.82) is 0 Å². The third-order valence-corrected chi connectivity index (χ3v) is 1.71. The van der Waals surface area contributed by atoms with Crippen LogP contribution in [0.3, 0.4) is 0 Å². The molecular formula is C13H13NO. The van der Waals surface area contributed by atoms with E-state index in [0.717, 1.165) is 11.8 Å². The average Bonchev–Trinajstić information content (AvgIpc) is 2.30. The van der Waals surface area contributed by atoms with Crippen molar-refractivity contribution in [3.63, 3.8) is 0 Å². The Bertz CT molecular complexity index is 397. The van der Waals surface area contributed by atoms with Gasteiger partial charge in [0.25, 0.3) is 0 Å². The van der Waals surface area contributed by atoms with E-state index >= 15 is 0 Å². The number of benzene rings is 1. The number of aldehydes is 1.